The molecule has 1 aromatic heterocycles. The molecule has 2 bridgehead atoms. The van der Waals surface area contributed by atoms with Gasteiger partial charge in [-0.05, 0) is 73.2 Å². The number of halogens is 4. The maximum Gasteiger partial charge on any atom is 0.416 e. The van der Waals surface area contributed by atoms with Crippen LogP contribution in [0.5, 0.6) is 0 Å². The normalized spacial score (nSPS) is 25.9. The maximum absolute atomic E-state index is 14.4. The van der Waals surface area contributed by atoms with Gasteiger partial charge in [-0.1, -0.05) is 30.3 Å². The summed E-state index contributed by atoms with van der Waals surface area (Å²) in [5.74, 6) is -1.06. The quantitative estimate of drug-likeness (QED) is 0.210. The molecule has 6 rings (SSSR count). The van der Waals surface area contributed by atoms with Gasteiger partial charge < -0.3 is 25.2 Å². The molecule has 3 saturated heterocycles. The van der Waals surface area contributed by atoms with Gasteiger partial charge in [-0.15, -0.1) is 6.58 Å². The lowest BCUT2D eigenvalue weighted by molar-refractivity contribution is -0.137. The van der Waals surface area contributed by atoms with Crippen LogP contribution in [-0.4, -0.2) is 81.0 Å². The topological polar surface area (TPSA) is 91.9 Å². The van der Waals surface area contributed by atoms with Crippen LogP contribution in [-0.2, 0) is 18.3 Å². The zero-order chi connectivity index (χ0) is 33.3. The van der Waals surface area contributed by atoms with E-state index in [1.54, 1.807) is 46.3 Å². The molecule has 4 atom stereocenters. The minimum atomic E-state index is -4.42. The lowest BCUT2D eigenvalue weighted by Gasteiger charge is -2.45. The predicted molar refractivity (Wildman–Crippen MR) is 168 cm³/mol. The predicted octanol–water partition coefficient (Wildman–Crippen LogP) is 5.53. The van der Waals surface area contributed by atoms with Crippen LogP contribution in [0, 0.1) is 11.7 Å². The minimum absolute atomic E-state index is 0.0387. The number of aromatic nitrogens is 1. The molecular weight excluding hydrogens is 614 g/mol. The number of hydrogen-bond acceptors (Lipinski definition) is 4. The molecule has 2 aromatic carbocycles. The van der Waals surface area contributed by atoms with E-state index in [1.165, 1.54) is 24.3 Å². The number of rotatable bonds is 9. The van der Waals surface area contributed by atoms with Crippen molar-refractivity contribution in [2.45, 2.75) is 62.1 Å². The number of likely N-dealkylation sites (tertiary alicyclic amines) is 1. The van der Waals surface area contributed by atoms with E-state index in [2.05, 4.69) is 21.8 Å². The minimum Gasteiger partial charge on any atom is -0.383 e. The van der Waals surface area contributed by atoms with Gasteiger partial charge in [0.15, 0.2) is 0 Å². The monoisotopic (exact) mass is 653 g/mol. The number of urea groups is 1. The van der Waals surface area contributed by atoms with Gasteiger partial charge in [0.1, 0.15) is 17.1 Å². The van der Waals surface area contributed by atoms with Crippen molar-refractivity contribution in [3.8, 4) is 0 Å². The summed E-state index contributed by atoms with van der Waals surface area (Å²) in [5.41, 5.74) is -0.769. The number of carbonyl (C=O) groups is 2. The summed E-state index contributed by atoms with van der Waals surface area (Å²) in [6, 6.07) is 14.0. The van der Waals surface area contributed by atoms with E-state index in [-0.39, 0.29) is 49.1 Å². The Kier molecular flexibility index (Phi) is 9.17. The zero-order valence-electron chi connectivity index (χ0n) is 25.9. The van der Waals surface area contributed by atoms with E-state index >= 15 is 0 Å². The number of aromatic amines is 1. The van der Waals surface area contributed by atoms with Crippen LogP contribution >= 0.6 is 0 Å². The molecule has 3 aromatic rings. The first kappa shape index (κ1) is 32.8. The molecule has 47 heavy (non-hydrogen) atoms. The lowest BCUT2D eigenvalue weighted by atomic mass is 9.82. The lowest BCUT2D eigenvalue weighted by Crippen LogP contribution is -2.55. The van der Waals surface area contributed by atoms with Crippen molar-refractivity contribution in [2.24, 2.45) is 5.92 Å². The summed E-state index contributed by atoms with van der Waals surface area (Å²) in [4.78, 5) is 35.4. The van der Waals surface area contributed by atoms with Gasteiger partial charge >= 0.3 is 12.2 Å². The van der Waals surface area contributed by atoms with Crippen molar-refractivity contribution < 1.29 is 32.3 Å². The molecule has 0 saturated carbocycles. The van der Waals surface area contributed by atoms with E-state index < -0.39 is 23.2 Å². The van der Waals surface area contributed by atoms with Crippen LogP contribution in [0.4, 0.5) is 22.4 Å². The molecule has 0 aliphatic carbocycles. The number of carbonyl (C=O) groups excluding carboxylic acids is 2. The van der Waals surface area contributed by atoms with Gasteiger partial charge in [0, 0.05) is 56.4 Å². The van der Waals surface area contributed by atoms with Crippen LogP contribution in [0.1, 0.15) is 52.9 Å². The summed E-state index contributed by atoms with van der Waals surface area (Å²) in [7, 11) is 0. The fraction of sp³-hybridized carbons (Fsp3) is 0.429. The Morgan fingerprint density at radius 1 is 1.09 bits per heavy atom. The number of amides is 3. The molecule has 12 heteroatoms. The highest BCUT2D eigenvalue weighted by Crippen LogP contribution is 2.43. The third kappa shape index (κ3) is 6.80. The number of nitrogens with one attached hydrogen (secondary N) is 2. The molecule has 3 amide bonds. The number of alkyl halides is 3. The second-order valence-corrected chi connectivity index (χ2v) is 12.9. The second kappa shape index (κ2) is 13.2. The number of piperidine rings is 1. The summed E-state index contributed by atoms with van der Waals surface area (Å²) >= 11 is 0. The summed E-state index contributed by atoms with van der Waals surface area (Å²) in [5, 5.41) is 15.0. The highest BCUT2D eigenvalue weighted by atomic mass is 19.4. The van der Waals surface area contributed by atoms with Gasteiger partial charge in [0.2, 0.25) is 0 Å². The Balaban J connectivity index is 1.14. The fourth-order valence-electron chi connectivity index (χ4n) is 7.66. The molecule has 3 fully saturated rings. The van der Waals surface area contributed by atoms with Gasteiger partial charge in [-0.2, -0.15) is 13.2 Å². The number of H-pyrrole nitrogens is 1. The largest absolute Gasteiger partial charge is 0.416 e. The molecular formula is C35H39F4N5O3. The molecule has 0 radical (unpaired) electrons. The first-order valence-electron chi connectivity index (χ1n) is 15.9. The highest BCUT2D eigenvalue weighted by molar-refractivity contribution is 5.92. The average Bonchev–Trinajstić information content (AvgIpc) is 3.75. The van der Waals surface area contributed by atoms with Gasteiger partial charge in [0.05, 0.1) is 12.1 Å². The van der Waals surface area contributed by atoms with E-state index in [4.69, 9.17) is 0 Å². The number of benzene rings is 2. The molecule has 3 N–H and O–H groups in total. The van der Waals surface area contributed by atoms with Crippen molar-refractivity contribution in [2.75, 3.05) is 26.2 Å². The van der Waals surface area contributed by atoms with Crippen LogP contribution in [0.25, 0.3) is 0 Å². The average molecular weight is 654 g/mol. The smallest absolute Gasteiger partial charge is 0.383 e. The summed E-state index contributed by atoms with van der Waals surface area (Å²) < 4.78 is 53.2. The fourth-order valence-corrected chi connectivity index (χ4v) is 7.66. The van der Waals surface area contributed by atoms with Crippen LogP contribution in [0.3, 0.4) is 0 Å². The Bertz CT molecular complexity index is 1570. The molecule has 3 aliphatic heterocycles. The van der Waals surface area contributed by atoms with Crippen molar-refractivity contribution in [1.29, 1.82) is 0 Å². The third-order valence-electron chi connectivity index (χ3n) is 10.0. The number of nitrogens with zero attached hydrogens (tertiary/aromatic N) is 3. The van der Waals surface area contributed by atoms with Gasteiger partial charge in [0.25, 0.3) is 5.91 Å². The Labute approximate surface area is 271 Å². The Morgan fingerprint density at radius 3 is 2.43 bits per heavy atom. The molecule has 0 spiro atoms. The van der Waals surface area contributed by atoms with Crippen molar-refractivity contribution in [1.82, 2.24) is 25.0 Å². The van der Waals surface area contributed by atoms with Gasteiger partial charge in [-0.25, -0.2) is 9.18 Å². The molecule has 4 heterocycles. The number of fused-ring (bicyclic) bond motifs is 2. The summed E-state index contributed by atoms with van der Waals surface area (Å²) in [6.45, 7) is 5.09. The van der Waals surface area contributed by atoms with Crippen molar-refractivity contribution in [3.05, 3.63) is 108 Å². The highest BCUT2D eigenvalue weighted by Gasteiger charge is 2.52. The van der Waals surface area contributed by atoms with Crippen LogP contribution < -0.4 is 5.32 Å². The van der Waals surface area contributed by atoms with Crippen molar-refractivity contribution in [3.63, 3.8) is 0 Å². The number of aliphatic hydroxyl groups is 1. The third-order valence-corrected chi connectivity index (χ3v) is 10.0. The summed E-state index contributed by atoms with van der Waals surface area (Å²) in [6.07, 6.45) is 2.17. The van der Waals surface area contributed by atoms with E-state index in [0.29, 0.717) is 49.3 Å². The van der Waals surface area contributed by atoms with Crippen LogP contribution in [0.2, 0.25) is 0 Å². The Morgan fingerprint density at radius 2 is 1.81 bits per heavy atom. The first-order chi connectivity index (χ1) is 22.5. The molecule has 250 valence electrons. The van der Waals surface area contributed by atoms with E-state index in [0.717, 1.165) is 25.0 Å². The van der Waals surface area contributed by atoms with Crippen LogP contribution in [0.15, 0.2) is 79.5 Å². The molecule has 8 nitrogen and oxygen atoms in total. The van der Waals surface area contributed by atoms with E-state index in [1.807, 2.05) is 0 Å². The Hall–Kier alpha value is -4.16. The zero-order valence-corrected chi connectivity index (χ0v) is 25.9. The van der Waals surface area contributed by atoms with Gasteiger partial charge in [-0.3, -0.25) is 9.69 Å². The second-order valence-electron chi connectivity index (χ2n) is 12.9. The van der Waals surface area contributed by atoms with Crippen molar-refractivity contribution >= 4 is 11.9 Å². The molecule has 3 aliphatic rings. The number of hydrogen-bond donors (Lipinski definition) is 3. The maximum atomic E-state index is 14.4. The standard InChI is InChI=1S/C35H39F4N5O3/c1-2-15-43(33(46)41-19-23-8-10-24(11-9-23)35(37,38)39)30-17-28-12-13-29(18-30)44(28)21-26-20-42(32(45)31-7-4-14-40-31)22-34(26,47)25-5-3-6-27(36)16-25/h2-11,14,16,26,28-30,40,47H,1,12-13,15,17-22H2,(H,41,46)/t26-,28?,29?,30?,34+/m1/s1. The SMILES string of the molecule is C=CCN(C(=O)NCc1ccc(C(F)(F)F)cc1)C1CC2CCC(C1)N2C[C@H]1CN(C(=O)c2ccc[nH]2)C[C@]1(O)c1cccc(F)c1. The van der Waals surface area contributed by atoms with E-state index in [9.17, 15) is 32.3 Å². The number of β-amino-alcohol motifs (C(OH)–C–C–N with tert-alkyl or cyclic N) is 1. The molecule has 2 unspecified atom stereocenters. The first-order valence-corrected chi connectivity index (χ1v) is 15.9.